The van der Waals surface area contributed by atoms with Crippen LogP contribution in [0.25, 0.3) is 0 Å². The molecule has 1 aromatic carbocycles. The first-order chi connectivity index (χ1) is 12.3. The van der Waals surface area contributed by atoms with E-state index in [0.29, 0.717) is 18.6 Å². The van der Waals surface area contributed by atoms with Gasteiger partial charge in [-0.3, -0.25) is 4.79 Å². The van der Waals surface area contributed by atoms with Gasteiger partial charge in [0.15, 0.2) is 16.4 Å². The Bertz CT molecular complexity index is 761. The summed E-state index contributed by atoms with van der Waals surface area (Å²) in [6.07, 6.45) is 1.10. The number of rotatable bonds is 7. The van der Waals surface area contributed by atoms with E-state index < -0.39 is 22.4 Å². The summed E-state index contributed by atoms with van der Waals surface area (Å²) in [7, 11) is -1.67. The fourth-order valence-electron chi connectivity index (χ4n) is 3.09. The predicted molar refractivity (Wildman–Crippen MR) is 96.9 cm³/mol. The van der Waals surface area contributed by atoms with Crippen LogP contribution in [0.5, 0.6) is 5.75 Å². The fourth-order valence-corrected chi connectivity index (χ4v) is 4.81. The number of hydrogen-bond acceptors (Lipinski definition) is 6. The number of sulfone groups is 1. The van der Waals surface area contributed by atoms with Crippen LogP contribution in [0.1, 0.15) is 37.0 Å². The smallest absolute Gasteiger partial charge is 0.342 e. The lowest BCUT2D eigenvalue weighted by atomic mass is 10.1. The summed E-state index contributed by atoms with van der Waals surface area (Å²) < 4.78 is 33.8. The monoisotopic (exact) mass is 383 g/mol. The maximum Gasteiger partial charge on any atom is 0.342 e. The molecule has 0 N–H and O–H groups in total. The van der Waals surface area contributed by atoms with Crippen molar-refractivity contribution in [3.05, 3.63) is 29.8 Å². The summed E-state index contributed by atoms with van der Waals surface area (Å²) >= 11 is 0. The Morgan fingerprint density at radius 3 is 2.58 bits per heavy atom. The van der Waals surface area contributed by atoms with Gasteiger partial charge in [-0.25, -0.2) is 13.2 Å². The number of methoxy groups -OCH3 is 1. The quantitative estimate of drug-likeness (QED) is 0.665. The second kappa shape index (κ2) is 8.53. The van der Waals surface area contributed by atoms with Crippen molar-refractivity contribution in [2.45, 2.75) is 38.8 Å². The molecule has 0 aromatic heterocycles. The standard InChI is InChI=1S/C18H25NO6S/c1-4-13(2)19(14-9-10-26(22,23)12-14)17(20)11-25-18(21)15-7-5-6-8-16(15)24-3/h5-8,13-14H,4,9-12H2,1-3H3/t13-,14+/m1/s1. The van der Waals surface area contributed by atoms with Gasteiger partial charge in [-0.15, -0.1) is 0 Å². The molecule has 144 valence electrons. The molecule has 0 spiro atoms. The Kier molecular flexibility index (Phi) is 6.63. The zero-order valence-electron chi connectivity index (χ0n) is 15.3. The lowest BCUT2D eigenvalue weighted by Gasteiger charge is -2.33. The number of carbonyl (C=O) groups excluding carboxylic acids is 2. The molecule has 1 aliphatic rings. The fraction of sp³-hybridized carbons (Fsp3) is 0.556. The molecule has 0 saturated carbocycles. The SMILES string of the molecule is CC[C@@H](C)N(C(=O)COC(=O)c1ccccc1OC)[C@H]1CCS(=O)(=O)C1. The molecule has 1 amide bonds. The molecular weight excluding hydrogens is 358 g/mol. The molecule has 7 nitrogen and oxygen atoms in total. The van der Waals surface area contributed by atoms with E-state index in [1.54, 1.807) is 29.2 Å². The van der Waals surface area contributed by atoms with Crippen LogP contribution in [0.3, 0.4) is 0 Å². The first-order valence-electron chi connectivity index (χ1n) is 8.60. The Labute approximate surface area is 154 Å². The van der Waals surface area contributed by atoms with Crippen molar-refractivity contribution in [1.82, 2.24) is 4.90 Å². The number of benzene rings is 1. The van der Waals surface area contributed by atoms with Gasteiger partial charge >= 0.3 is 5.97 Å². The zero-order valence-corrected chi connectivity index (χ0v) is 16.1. The van der Waals surface area contributed by atoms with Crippen LogP contribution in [0.15, 0.2) is 24.3 Å². The number of nitrogens with zero attached hydrogens (tertiary/aromatic N) is 1. The molecule has 26 heavy (non-hydrogen) atoms. The highest BCUT2D eigenvalue weighted by Crippen LogP contribution is 2.22. The van der Waals surface area contributed by atoms with Gasteiger partial charge in [0.1, 0.15) is 11.3 Å². The van der Waals surface area contributed by atoms with Crippen LogP contribution >= 0.6 is 0 Å². The van der Waals surface area contributed by atoms with Gasteiger partial charge in [-0.2, -0.15) is 0 Å². The highest BCUT2D eigenvalue weighted by atomic mass is 32.2. The molecule has 0 unspecified atom stereocenters. The molecule has 1 saturated heterocycles. The van der Waals surface area contributed by atoms with Crippen molar-refractivity contribution < 1.29 is 27.5 Å². The Hall–Kier alpha value is -2.09. The van der Waals surface area contributed by atoms with Crippen LogP contribution in [0.4, 0.5) is 0 Å². The molecule has 8 heteroatoms. The largest absolute Gasteiger partial charge is 0.496 e. The van der Waals surface area contributed by atoms with Gasteiger partial charge < -0.3 is 14.4 Å². The van der Waals surface area contributed by atoms with Crippen LogP contribution in [-0.4, -0.2) is 62.5 Å². The van der Waals surface area contributed by atoms with Crippen molar-refractivity contribution >= 4 is 21.7 Å². The van der Waals surface area contributed by atoms with Gasteiger partial charge in [-0.05, 0) is 31.9 Å². The Morgan fingerprint density at radius 1 is 1.31 bits per heavy atom. The summed E-state index contributed by atoms with van der Waals surface area (Å²) in [5, 5.41) is 0. The van der Waals surface area contributed by atoms with Crippen LogP contribution in [0, 0.1) is 0 Å². The summed E-state index contributed by atoms with van der Waals surface area (Å²) in [6.45, 7) is 3.36. The maximum atomic E-state index is 12.7. The molecule has 1 heterocycles. The first kappa shape index (κ1) is 20.2. The average Bonchev–Trinajstić information content (AvgIpc) is 2.98. The lowest BCUT2D eigenvalue weighted by molar-refractivity contribution is -0.138. The van der Waals surface area contributed by atoms with E-state index in [0.717, 1.165) is 0 Å². The minimum absolute atomic E-state index is 0.0382. The Morgan fingerprint density at radius 2 is 2.00 bits per heavy atom. The van der Waals surface area contributed by atoms with Gasteiger partial charge in [0.05, 0.1) is 18.6 Å². The summed E-state index contributed by atoms with van der Waals surface area (Å²) in [5.41, 5.74) is 0.237. The molecule has 0 aliphatic carbocycles. The topological polar surface area (TPSA) is 90.0 Å². The molecule has 2 rings (SSSR count). The highest BCUT2D eigenvalue weighted by molar-refractivity contribution is 7.91. The first-order valence-corrected chi connectivity index (χ1v) is 10.4. The van der Waals surface area contributed by atoms with Gasteiger partial charge in [0, 0.05) is 12.1 Å². The Balaban J connectivity index is 2.06. The summed E-state index contributed by atoms with van der Waals surface area (Å²) in [6, 6.07) is 6.09. The molecule has 2 atom stereocenters. The normalized spacial score (nSPS) is 19.6. The zero-order chi connectivity index (χ0) is 19.3. The average molecular weight is 383 g/mol. The van der Waals surface area contributed by atoms with E-state index >= 15 is 0 Å². The van der Waals surface area contributed by atoms with Crippen LogP contribution in [-0.2, 0) is 19.4 Å². The van der Waals surface area contributed by atoms with Crippen molar-refractivity contribution in [2.24, 2.45) is 0 Å². The molecule has 0 bridgehead atoms. The predicted octanol–water partition coefficient (Wildman–Crippen LogP) is 1.67. The van der Waals surface area contributed by atoms with Crippen molar-refractivity contribution in [1.29, 1.82) is 0 Å². The van der Waals surface area contributed by atoms with E-state index in [4.69, 9.17) is 9.47 Å². The number of carbonyl (C=O) groups is 2. The third-order valence-electron chi connectivity index (χ3n) is 4.61. The van der Waals surface area contributed by atoms with Gasteiger partial charge in [0.2, 0.25) is 0 Å². The van der Waals surface area contributed by atoms with Crippen LogP contribution < -0.4 is 4.74 Å². The van der Waals surface area contributed by atoms with E-state index in [9.17, 15) is 18.0 Å². The summed E-state index contributed by atoms with van der Waals surface area (Å²) in [4.78, 5) is 26.5. The number of para-hydroxylation sites is 1. The lowest BCUT2D eigenvalue weighted by Crippen LogP contribution is -2.48. The number of hydrogen-bond donors (Lipinski definition) is 0. The van der Waals surface area contributed by atoms with Gasteiger partial charge in [0.25, 0.3) is 5.91 Å². The van der Waals surface area contributed by atoms with E-state index in [2.05, 4.69) is 0 Å². The number of ether oxygens (including phenoxy) is 2. The van der Waals surface area contributed by atoms with Crippen molar-refractivity contribution in [2.75, 3.05) is 25.2 Å². The summed E-state index contributed by atoms with van der Waals surface area (Å²) in [5.74, 6) is -0.628. The molecule has 1 aliphatic heterocycles. The van der Waals surface area contributed by atoms with E-state index in [-0.39, 0.29) is 35.1 Å². The number of esters is 1. The van der Waals surface area contributed by atoms with Gasteiger partial charge in [-0.1, -0.05) is 19.1 Å². The van der Waals surface area contributed by atoms with E-state index in [1.165, 1.54) is 7.11 Å². The van der Waals surface area contributed by atoms with Crippen molar-refractivity contribution in [3.63, 3.8) is 0 Å². The molecular formula is C18H25NO6S. The third kappa shape index (κ3) is 4.75. The molecule has 0 radical (unpaired) electrons. The maximum absolute atomic E-state index is 12.7. The third-order valence-corrected chi connectivity index (χ3v) is 6.36. The molecule has 1 fully saturated rings. The minimum Gasteiger partial charge on any atom is -0.496 e. The van der Waals surface area contributed by atoms with Crippen molar-refractivity contribution in [3.8, 4) is 5.75 Å². The minimum atomic E-state index is -3.12. The highest BCUT2D eigenvalue weighted by Gasteiger charge is 2.36. The second-order valence-corrected chi connectivity index (χ2v) is 8.62. The van der Waals surface area contributed by atoms with E-state index in [1.807, 2.05) is 13.8 Å². The molecule has 1 aromatic rings. The number of amides is 1. The van der Waals surface area contributed by atoms with Crippen LogP contribution in [0.2, 0.25) is 0 Å². The second-order valence-electron chi connectivity index (χ2n) is 6.39.